The van der Waals surface area contributed by atoms with Crippen LogP contribution in [0.1, 0.15) is 24.8 Å². The van der Waals surface area contributed by atoms with Crippen LogP contribution in [0.25, 0.3) is 0 Å². The van der Waals surface area contributed by atoms with Crippen molar-refractivity contribution in [3.05, 3.63) is 29.8 Å². The molecule has 0 spiro atoms. The van der Waals surface area contributed by atoms with E-state index in [1.54, 1.807) is 25.3 Å². The molecule has 1 aliphatic rings. The molecule has 1 saturated heterocycles. The van der Waals surface area contributed by atoms with E-state index in [1.807, 2.05) is 6.07 Å². The Bertz CT molecular complexity index is 504. The fourth-order valence-electron chi connectivity index (χ4n) is 2.30. The number of hydrogen-bond donors (Lipinski definition) is 0. The lowest BCUT2D eigenvalue weighted by atomic mass is 10.1. The topological polar surface area (TPSA) is 52.6 Å². The first-order valence-electron chi connectivity index (χ1n) is 6.54. The van der Waals surface area contributed by atoms with Crippen LogP contribution in [0.5, 0.6) is 5.75 Å². The normalized spacial score (nSPS) is 20.2. The van der Waals surface area contributed by atoms with Crippen LogP contribution < -0.4 is 4.74 Å². The summed E-state index contributed by atoms with van der Waals surface area (Å²) >= 11 is 0. The Balaban J connectivity index is 1.99. The maximum Gasteiger partial charge on any atom is 0.156 e. The molecule has 1 heterocycles. The highest BCUT2D eigenvalue weighted by Gasteiger charge is 2.22. The van der Waals surface area contributed by atoms with Gasteiger partial charge in [-0.05, 0) is 37.0 Å². The summed E-state index contributed by atoms with van der Waals surface area (Å²) in [5.41, 5.74) is 0.759. The van der Waals surface area contributed by atoms with Crippen molar-refractivity contribution < 1.29 is 17.9 Å². The Labute approximate surface area is 114 Å². The van der Waals surface area contributed by atoms with E-state index in [9.17, 15) is 8.42 Å². The molecule has 0 aromatic heterocycles. The molecule has 1 atom stereocenters. The number of methoxy groups -OCH3 is 1. The van der Waals surface area contributed by atoms with Crippen LogP contribution in [0, 0.1) is 0 Å². The standard InChI is InChI=1S/C14H20O4S/c1-17-13-7-4-5-12(9-13)10-19(15,16)11-14-6-2-3-8-18-14/h4-5,7,9,14H,2-3,6,8,10-11H2,1H3. The quantitative estimate of drug-likeness (QED) is 0.831. The van der Waals surface area contributed by atoms with Gasteiger partial charge in [0.25, 0.3) is 0 Å². The number of ether oxygens (including phenoxy) is 2. The van der Waals surface area contributed by atoms with E-state index in [0.717, 1.165) is 24.8 Å². The van der Waals surface area contributed by atoms with Crippen LogP contribution >= 0.6 is 0 Å². The third-order valence-electron chi connectivity index (χ3n) is 3.23. The molecule has 0 saturated carbocycles. The summed E-state index contributed by atoms with van der Waals surface area (Å²) in [5, 5.41) is 0. The van der Waals surface area contributed by atoms with E-state index < -0.39 is 9.84 Å². The van der Waals surface area contributed by atoms with Crippen LogP contribution in [-0.2, 0) is 20.3 Å². The van der Waals surface area contributed by atoms with Gasteiger partial charge in [0.05, 0.1) is 24.7 Å². The molecule has 1 aromatic carbocycles. The van der Waals surface area contributed by atoms with Gasteiger partial charge >= 0.3 is 0 Å². The highest BCUT2D eigenvalue weighted by atomic mass is 32.2. The van der Waals surface area contributed by atoms with E-state index in [1.165, 1.54) is 0 Å². The molecule has 1 unspecified atom stereocenters. The summed E-state index contributed by atoms with van der Waals surface area (Å²) in [6.07, 6.45) is 2.80. The van der Waals surface area contributed by atoms with Crippen molar-refractivity contribution in [1.82, 2.24) is 0 Å². The number of sulfone groups is 1. The van der Waals surface area contributed by atoms with Gasteiger partial charge in [-0.2, -0.15) is 0 Å². The molecule has 0 N–H and O–H groups in total. The zero-order valence-corrected chi connectivity index (χ0v) is 12.0. The van der Waals surface area contributed by atoms with Gasteiger partial charge in [-0.1, -0.05) is 12.1 Å². The highest BCUT2D eigenvalue weighted by molar-refractivity contribution is 7.90. The number of benzene rings is 1. The van der Waals surface area contributed by atoms with Crippen LogP contribution in [-0.4, -0.2) is 34.0 Å². The minimum atomic E-state index is -3.14. The maximum absolute atomic E-state index is 12.1. The molecule has 1 fully saturated rings. The summed E-state index contributed by atoms with van der Waals surface area (Å²) in [6, 6.07) is 7.18. The monoisotopic (exact) mass is 284 g/mol. The largest absolute Gasteiger partial charge is 0.497 e. The average Bonchev–Trinajstić information content (AvgIpc) is 2.39. The van der Waals surface area contributed by atoms with E-state index in [0.29, 0.717) is 12.4 Å². The molecule has 0 aliphatic carbocycles. The lowest BCUT2D eigenvalue weighted by molar-refractivity contribution is 0.0305. The first-order chi connectivity index (χ1) is 9.09. The van der Waals surface area contributed by atoms with Crippen molar-refractivity contribution >= 4 is 9.84 Å². The van der Waals surface area contributed by atoms with Crippen LogP contribution in [0.4, 0.5) is 0 Å². The molecule has 5 heteroatoms. The molecule has 4 nitrogen and oxygen atoms in total. The zero-order valence-electron chi connectivity index (χ0n) is 11.2. The lowest BCUT2D eigenvalue weighted by Crippen LogP contribution is -2.28. The maximum atomic E-state index is 12.1. The summed E-state index contributed by atoms with van der Waals surface area (Å²) in [7, 11) is -1.57. The second-order valence-corrected chi connectivity index (χ2v) is 7.00. The number of rotatable bonds is 5. The predicted molar refractivity (Wildman–Crippen MR) is 74.1 cm³/mol. The van der Waals surface area contributed by atoms with Crippen molar-refractivity contribution in [2.75, 3.05) is 19.5 Å². The SMILES string of the molecule is COc1cccc(CS(=O)(=O)CC2CCCCO2)c1. The molecule has 0 radical (unpaired) electrons. The van der Waals surface area contributed by atoms with Gasteiger partial charge in [-0.3, -0.25) is 0 Å². The molecular formula is C14H20O4S. The summed E-state index contributed by atoms with van der Waals surface area (Å²) in [6.45, 7) is 0.680. The molecule has 19 heavy (non-hydrogen) atoms. The van der Waals surface area contributed by atoms with Gasteiger partial charge in [0, 0.05) is 6.61 Å². The first kappa shape index (κ1) is 14.3. The molecule has 106 valence electrons. The van der Waals surface area contributed by atoms with Crippen LogP contribution in [0.2, 0.25) is 0 Å². The smallest absolute Gasteiger partial charge is 0.156 e. The van der Waals surface area contributed by atoms with E-state index in [4.69, 9.17) is 9.47 Å². The summed E-state index contributed by atoms with van der Waals surface area (Å²) in [5.74, 6) is 0.843. The second kappa shape index (κ2) is 6.39. The van der Waals surface area contributed by atoms with Gasteiger partial charge in [0.1, 0.15) is 5.75 Å². The molecule has 0 amide bonds. The van der Waals surface area contributed by atoms with Crippen LogP contribution in [0.15, 0.2) is 24.3 Å². The molecule has 1 aromatic rings. The van der Waals surface area contributed by atoms with Gasteiger partial charge in [-0.25, -0.2) is 8.42 Å². The van der Waals surface area contributed by atoms with E-state index >= 15 is 0 Å². The third kappa shape index (κ3) is 4.51. The summed E-state index contributed by atoms with van der Waals surface area (Å²) in [4.78, 5) is 0. The third-order valence-corrected chi connectivity index (χ3v) is 4.89. The molecule has 2 rings (SSSR count). The van der Waals surface area contributed by atoms with Gasteiger partial charge in [0.2, 0.25) is 0 Å². The van der Waals surface area contributed by atoms with Gasteiger partial charge in [0.15, 0.2) is 9.84 Å². The Morgan fingerprint density at radius 3 is 2.89 bits per heavy atom. The fraction of sp³-hybridized carbons (Fsp3) is 0.571. The van der Waals surface area contributed by atoms with Crippen molar-refractivity contribution in [1.29, 1.82) is 0 Å². The van der Waals surface area contributed by atoms with Gasteiger partial charge in [-0.15, -0.1) is 0 Å². The molecule has 1 aliphatic heterocycles. The zero-order chi connectivity index (χ0) is 13.7. The second-order valence-electron chi connectivity index (χ2n) is 4.89. The minimum Gasteiger partial charge on any atom is -0.497 e. The number of hydrogen-bond acceptors (Lipinski definition) is 4. The van der Waals surface area contributed by atoms with Crippen molar-refractivity contribution in [2.45, 2.75) is 31.1 Å². The van der Waals surface area contributed by atoms with E-state index in [-0.39, 0.29) is 17.6 Å². The Morgan fingerprint density at radius 2 is 2.21 bits per heavy atom. The summed E-state index contributed by atoms with van der Waals surface area (Å²) < 4.78 is 34.9. The Kier molecular flexibility index (Phi) is 4.82. The van der Waals surface area contributed by atoms with Gasteiger partial charge < -0.3 is 9.47 Å². The fourth-order valence-corrected chi connectivity index (χ4v) is 3.93. The van der Waals surface area contributed by atoms with Crippen molar-refractivity contribution in [3.63, 3.8) is 0 Å². The van der Waals surface area contributed by atoms with Crippen molar-refractivity contribution in [3.8, 4) is 5.75 Å². The van der Waals surface area contributed by atoms with Crippen molar-refractivity contribution in [2.24, 2.45) is 0 Å². The average molecular weight is 284 g/mol. The van der Waals surface area contributed by atoms with E-state index in [2.05, 4.69) is 0 Å². The Hall–Kier alpha value is -1.07. The lowest BCUT2D eigenvalue weighted by Gasteiger charge is -2.22. The Morgan fingerprint density at radius 1 is 1.37 bits per heavy atom. The molecular weight excluding hydrogens is 264 g/mol. The predicted octanol–water partition coefficient (Wildman–Crippen LogP) is 2.18. The molecule has 0 bridgehead atoms. The first-order valence-corrected chi connectivity index (χ1v) is 8.36. The minimum absolute atomic E-state index is 0.0457. The van der Waals surface area contributed by atoms with Crippen LogP contribution in [0.3, 0.4) is 0 Å². The highest BCUT2D eigenvalue weighted by Crippen LogP contribution is 2.19.